The van der Waals surface area contributed by atoms with Crippen molar-refractivity contribution >= 4 is 5.69 Å². The third kappa shape index (κ3) is 3.22. The van der Waals surface area contributed by atoms with E-state index in [9.17, 15) is 0 Å². The second-order valence-electron chi connectivity index (χ2n) is 4.99. The monoisotopic (exact) mass is 257 g/mol. The van der Waals surface area contributed by atoms with Gasteiger partial charge in [-0.3, -0.25) is 0 Å². The quantitative estimate of drug-likeness (QED) is 0.853. The second-order valence-corrected chi connectivity index (χ2v) is 4.99. The van der Waals surface area contributed by atoms with Crippen molar-refractivity contribution in [3.8, 4) is 11.6 Å². The minimum absolute atomic E-state index is 0.268. The van der Waals surface area contributed by atoms with Crippen molar-refractivity contribution in [1.82, 2.24) is 9.97 Å². The summed E-state index contributed by atoms with van der Waals surface area (Å²) in [6.07, 6.45) is 0. The standard InChI is InChI=1S/C15H19N3O/c1-9(2)15-17-11(4)7-14(18-15)19-13-8-12(16)6-5-10(13)3/h5-9H,16H2,1-4H3. The van der Waals surface area contributed by atoms with Gasteiger partial charge >= 0.3 is 0 Å². The Morgan fingerprint density at radius 2 is 1.84 bits per heavy atom. The second kappa shape index (κ2) is 5.26. The molecular formula is C15H19N3O. The fourth-order valence-electron chi connectivity index (χ4n) is 1.71. The Labute approximate surface area is 113 Å². The summed E-state index contributed by atoms with van der Waals surface area (Å²) in [5.74, 6) is 2.35. The van der Waals surface area contributed by atoms with Gasteiger partial charge in [0.05, 0.1) is 0 Å². The minimum Gasteiger partial charge on any atom is -0.439 e. The van der Waals surface area contributed by atoms with Crippen LogP contribution in [0, 0.1) is 13.8 Å². The molecule has 100 valence electrons. The van der Waals surface area contributed by atoms with E-state index in [0.717, 1.165) is 22.8 Å². The van der Waals surface area contributed by atoms with Gasteiger partial charge in [0, 0.05) is 29.4 Å². The molecule has 0 aliphatic rings. The molecule has 0 fully saturated rings. The molecule has 0 amide bonds. The first-order valence-corrected chi connectivity index (χ1v) is 6.35. The fraction of sp³-hybridized carbons (Fsp3) is 0.333. The lowest BCUT2D eigenvalue weighted by Crippen LogP contribution is -2.01. The summed E-state index contributed by atoms with van der Waals surface area (Å²) in [5.41, 5.74) is 8.38. The molecule has 0 bridgehead atoms. The van der Waals surface area contributed by atoms with Gasteiger partial charge in [-0.1, -0.05) is 19.9 Å². The topological polar surface area (TPSA) is 61.0 Å². The molecule has 2 N–H and O–H groups in total. The lowest BCUT2D eigenvalue weighted by molar-refractivity contribution is 0.453. The molecule has 1 aromatic heterocycles. The molecule has 1 heterocycles. The van der Waals surface area contributed by atoms with Crippen molar-refractivity contribution < 1.29 is 4.74 Å². The Morgan fingerprint density at radius 1 is 1.11 bits per heavy atom. The zero-order chi connectivity index (χ0) is 14.0. The van der Waals surface area contributed by atoms with E-state index < -0.39 is 0 Å². The molecule has 0 radical (unpaired) electrons. The maximum Gasteiger partial charge on any atom is 0.222 e. The number of anilines is 1. The molecule has 0 saturated heterocycles. The summed E-state index contributed by atoms with van der Waals surface area (Å²) in [5, 5.41) is 0. The van der Waals surface area contributed by atoms with Gasteiger partial charge in [-0.15, -0.1) is 0 Å². The van der Waals surface area contributed by atoms with E-state index in [2.05, 4.69) is 23.8 Å². The maximum absolute atomic E-state index is 5.83. The molecule has 2 aromatic rings. The molecule has 0 aliphatic carbocycles. The van der Waals surface area contributed by atoms with Crippen LogP contribution in [0.1, 0.15) is 36.8 Å². The van der Waals surface area contributed by atoms with Gasteiger partial charge in [0.2, 0.25) is 5.88 Å². The Bertz CT molecular complexity index is 594. The van der Waals surface area contributed by atoms with Crippen molar-refractivity contribution in [2.75, 3.05) is 5.73 Å². The van der Waals surface area contributed by atoms with E-state index in [1.807, 2.05) is 38.1 Å². The van der Waals surface area contributed by atoms with Crippen LogP contribution in [0.4, 0.5) is 5.69 Å². The fourth-order valence-corrected chi connectivity index (χ4v) is 1.71. The predicted molar refractivity (Wildman–Crippen MR) is 76.5 cm³/mol. The number of benzene rings is 1. The van der Waals surface area contributed by atoms with Crippen molar-refractivity contribution in [2.45, 2.75) is 33.6 Å². The van der Waals surface area contributed by atoms with Gasteiger partial charge < -0.3 is 10.5 Å². The highest BCUT2D eigenvalue weighted by molar-refractivity contribution is 5.49. The molecule has 4 heteroatoms. The van der Waals surface area contributed by atoms with Gasteiger partial charge in [-0.05, 0) is 25.5 Å². The normalized spacial score (nSPS) is 10.8. The zero-order valence-corrected chi connectivity index (χ0v) is 11.8. The van der Waals surface area contributed by atoms with Crippen LogP contribution in [0.5, 0.6) is 11.6 Å². The smallest absolute Gasteiger partial charge is 0.222 e. The Morgan fingerprint density at radius 3 is 2.53 bits per heavy atom. The van der Waals surface area contributed by atoms with Crippen LogP contribution in [0.25, 0.3) is 0 Å². The molecule has 0 atom stereocenters. The summed E-state index contributed by atoms with van der Waals surface area (Å²) in [6.45, 7) is 8.04. The van der Waals surface area contributed by atoms with E-state index in [1.165, 1.54) is 0 Å². The maximum atomic E-state index is 5.83. The van der Waals surface area contributed by atoms with Crippen molar-refractivity contribution in [3.05, 3.63) is 41.3 Å². The molecule has 1 aromatic carbocycles. The number of hydrogen-bond acceptors (Lipinski definition) is 4. The van der Waals surface area contributed by atoms with Gasteiger partial charge in [-0.25, -0.2) is 4.98 Å². The highest BCUT2D eigenvalue weighted by atomic mass is 16.5. The molecule has 4 nitrogen and oxygen atoms in total. The lowest BCUT2D eigenvalue weighted by Gasteiger charge is -2.11. The van der Waals surface area contributed by atoms with E-state index in [-0.39, 0.29) is 5.92 Å². The van der Waals surface area contributed by atoms with Crippen LogP contribution in [0.15, 0.2) is 24.3 Å². The molecule has 0 aliphatic heterocycles. The predicted octanol–water partition coefficient (Wildman–Crippen LogP) is 3.59. The first kappa shape index (κ1) is 13.3. The number of nitrogen functional groups attached to an aromatic ring is 1. The zero-order valence-electron chi connectivity index (χ0n) is 11.8. The summed E-state index contributed by atoms with van der Waals surface area (Å²) in [6, 6.07) is 7.42. The van der Waals surface area contributed by atoms with Crippen molar-refractivity contribution in [1.29, 1.82) is 0 Å². The average molecular weight is 257 g/mol. The Hall–Kier alpha value is -2.10. The molecule has 0 spiro atoms. The van der Waals surface area contributed by atoms with Crippen LogP contribution in [-0.2, 0) is 0 Å². The molecule has 0 unspecified atom stereocenters. The van der Waals surface area contributed by atoms with Crippen LogP contribution >= 0.6 is 0 Å². The summed E-state index contributed by atoms with van der Waals surface area (Å²) >= 11 is 0. The summed E-state index contributed by atoms with van der Waals surface area (Å²) in [4.78, 5) is 8.82. The first-order valence-electron chi connectivity index (χ1n) is 6.35. The van der Waals surface area contributed by atoms with Crippen LogP contribution in [-0.4, -0.2) is 9.97 Å². The number of aromatic nitrogens is 2. The number of hydrogen-bond donors (Lipinski definition) is 1. The summed E-state index contributed by atoms with van der Waals surface area (Å²) in [7, 11) is 0. The lowest BCUT2D eigenvalue weighted by atomic mass is 10.2. The van der Waals surface area contributed by atoms with E-state index in [0.29, 0.717) is 11.6 Å². The number of nitrogens with two attached hydrogens (primary N) is 1. The van der Waals surface area contributed by atoms with Crippen molar-refractivity contribution in [3.63, 3.8) is 0 Å². The third-order valence-corrected chi connectivity index (χ3v) is 2.79. The Balaban J connectivity index is 2.35. The van der Waals surface area contributed by atoms with Crippen LogP contribution in [0.2, 0.25) is 0 Å². The highest BCUT2D eigenvalue weighted by Gasteiger charge is 2.09. The largest absolute Gasteiger partial charge is 0.439 e. The number of rotatable bonds is 3. The number of aryl methyl sites for hydroxylation is 2. The average Bonchev–Trinajstić information content (AvgIpc) is 2.33. The van der Waals surface area contributed by atoms with E-state index in [1.54, 1.807) is 0 Å². The van der Waals surface area contributed by atoms with Gasteiger partial charge in [-0.2, -0.15) is 4.98 Å². The minimum atomic E-state index is 0.268. The number of nitrogens with zero attached hydrogens (tertiary/aromatic N) is 2. The first-order chi connectivity index (χ1) is 8.95. The van der Waals surface area contributed by atoms with Crippen LogP contribution < -0.4 is 10.5 Å². The van der Waals surface area contributed by atoms with Gasteiger partial charge in [0.15, 0.2) is 0 Å². The highest BCUT2D eigenvalue weighted by Crippen LogP contribution is 2.26. The molecule has 19 heavy (non-hydrogen) atoms. The Kier molecular flexibility index (Phi) is 3.69. The van der Waals surface area contributed by atoms with Crippen LogP contribution in [0.3, 0.4) is 0 Å². The van der Waals surface area contributed by atoms with E-state index >= 15 is 0 Å². The van der Waals surface area contributed by atoms with Gasteiger partial charge in [0.25, 0.3) is 0 Å². The third-order valence-electron chi connectivity index (χ3n) is 2.79. The SMILES string of the molecule is Cc1cc(Oc2cc(N)ccc2C)nc(C(C)C)n1. The van der Waals surface area contributed by atoms with E-state index in [4.69, 9.17) is 10.5 Å². The summed E-state index contributed by atoms with van der Waals surface area (Å²) < 4.78 is 5.83. The van der Waals surface area contributed by atoms with Crippen molar-refractivity contribution in [2.24, 2.45) is 0 Å². The molecule has 2 rings (SSSR count). The van der Waals surface area contributed by atoms with Gasteiger partial charge in [0.1, 0.15) is 11.6 Å². The molecular weight excluding hydrogens is 238 g/mol. The number of ether oxygens (including phenoxy) is 1. The molecule has 0 saturated carbocycles.